The molecule has 1 aliphatic rings. The van der Waals surface area contributed by atoms with Crippen molar-refractivity contribution in [3.8, 4) is 0 Å². The summed E-state index contributed by atoms with van der Waals surface area (Å²) < 4.78 is 24.6. The molecule has 1 fully saturated rings. The second-order valence-electron chi connectivity index (χ2n) is 5.64. The van der Waals surface area contributed by atoms with E-state index in [9.17, 15) is 18.3 Å². The summed E-state index contributed by atoms with van der Waals surface area (Å²) in [7, 11) is -3.38. The molecule has 0 spiro atoms. The highest BCUT2D eigenvalue weighted by Gasteiger charge is 2.32. The van der Waals surface area contributed by atoms with Crippen LogP contribution in [0.25, 0.3) is 0 Å². The topological polar surface area (TPSA) is 74.7 Å². The Morgan fingerprint density at radius 2 is 2.05 bits per heavy atom. The minimum atomic E-state index is -3.38. The van der Waals surface area contributed by atoms with Gasteiger partial charge in [0.2, 0.25) is 0 Å². The maximum atomic E-state index is 12.0. The Kier molecular flexibility index (Phi) is 4.63. The largest absolute Gasteiger partial charge is 0.481 e. The first-order chi connectivity index (χ1) is 9.70. The van der Waals surface area contributed by atoms with Gasteiger partial charge in [0.25, 0.3) is 0 Å². The Bertz CT molecular complexity index is 659. The number of para-hydroxylation sites is 1. The molecule has 1 aromatic carbocycles. The van der Waals surface area contributed by atoms with Crippen molar-refractivity contribution in [2.24, 2.45) is 11.8 Å². The molecule has 0 saturated carbocycles. The van der Waals surface area contributed by atoms with Gasteiger partial charge in [-0.15, -0.1) is 0 Å². The van der Waals surface area contributed by atoms with Crippen LogP contribution in [0.3, 0.4) is 0 Å². The molecule has 2 rings (SSSR count). The predicted molar refractivity (Wildman–Crippen MR) is 84.4 cm³/mol. The van der Waals surface area contributed by atoms with Crippen molar-refractivity contribution in [3.05, 3.63) is 22.7 Å². The molecule has 5 nitrogen and oxygen atoms in total. The van der Waals surface area contributed by atoms with Crippen LogP contribution in [0.2, 0.25) is 0 Å². The molecule has 0 amide bonds. The van der Waals surface area contributed by atoms with Gasteiger partial charge in [0, 0.05) is 23.8 Å². The monoisotopic (exact) mass is 375 g/mol. The summed E-state index contributed by atoms with van der Waals surface area (Å²) >= 11 is 3.40. The minimum absolute atomic E-state index is 0.194. The van der Waals surface area contributed by atoms with E-state index in [-0.39, 0.29) is 10.8 Å². The first-order valence-corrected chi connectivity index (χ1v) is 9.35. The number of carboxylic acid groups (broad SMARTS) is 1. The number of carbonyl (C=O) groups is 1. The molecule has 116 valence electrons. The highest BCUT2D eigenvalue weighted by atomic mass is 79.9. The number of sulfone groups is 1. The lowest BCUT2D eigenvalue weighted by atomic mass is 9.90. The summed E-state index contributed by atoms with van der Waals surface area (Å²) in [5.74, 6) is -1.12. The predicted octanol–water partition coefficient (Wildman–Crippen LogP) is 2.40. The van der Waals surface area contributed by atoms with E-state index in [4.69, 9.17) is 0 Å². The van der Waals surface area contributed by atoms with Crippen molar-refractivity contribution in [1.29, 1.82) is 0 Å². The Hall–Kier alpha value is -1.08. The van der Waals surface area contributed by atoms with E-state index in [1.807, 2.05) is 11.8 Å². The fourth-order valence-corrected chi connectivity index (χ4v) is 4.48. The number of rotatable bonds is 3. The third-order valence-corrected chi connectivity index (χ3v) is 5.44. The van der Waals surface area contributed by atoms with Gasteiger partial charge in [-0.1, -0.05) is 13.0 Å². The van der Waals surface area contributed by atoms with Crippen LogP contribution < -0.4 is 4.90 Å². The van der Waals surface area contributed by atoms with Gasteiger partial charge in [0.15, 0.2) is 9.84 Å². The van der Waals surface area contributed by atoms with Crippen molar-refractivity contribution in [2.45, 2.75) is 18.2 Å². The molecule has 1 aromatic rings. The summed E-state index contributed by atoms with van der Waals surface area (Å²) in [5, 5.41) is 9.26. The number of halogens is 1. The zero-order chi connectivity index (χ0) is 15.8. The fraction of sp³-hybridized carbons (Fsp3) is 0.500. The van der Waals surface area contributed by atoms with Gasteiger partial charge in [-0.2, -0.15) is 0 Å². The Labute approximate surface area is 133 Å². The lowest BCUT2D eigenvalue weighted by Crippen LogP contribution is -2.43. The molecule has 1 N–H and O–H groups in total. The lowest BCUT2D eigenvalue weighted by Gasteiger charge is -2.37. The molecule has 0 aliphatic carbocycles. The van der Waals surface area contributed by atoms with Gasteiger partial charge in [-0.25, -0.2) is 8.42 Å². The van der Waals surface area contributed by atoms with Crippen LogP contribution in [-0.4, -0.2) is 38.8 Å². The Balaban J connectivity index is 2.48. The summed E-state index contributed by atoms with van der Waals surface area (Å²) in [4.78, 5) is 13.4. The van der Waals surface area contributed by atoms with Gasteiger partial charge in [-0.05, 0) is 40.4 Å². The second kappa shape index (κ2) is 5.96. The van der Waals surface area contributed by atoms with Crippen LogP contribution in [0.1, 0.15) is 13.3 Å². The second-order valence-corrected chi connectivity index (χ2v) is 8.48. The number of benzene rings is 1. The van der Waals surface area contributed by atoms with E-state index in [1.54, 1.807) is 18.2 Å². The van der Waals surface area contributed by atoms with E-state index in [1.165, 1.54) is 6.26 Å². The van der Waals surface area contributed by atoms with Crippen LogP contribution in [0.15, 0.2) is 27.6 Å². The summed E-state index contributed by atoms with van der Waals surface area (Å²) in [6, 6.07) is 5.01. The number of anilines is 1. The van der Waals surface area contributed by atoms with Crippen LogP contribution >= 0.6 is 15.9 Å². The number of piperidine rings is 1. The molecular weight excluding hydrogens is 358 g/mol. The number of hydrogen-bond acceptors (Lipinski definition) is 4. The van der Waals surface area contributed by atoms with E-state index in [2.05, 4.69) is 15.9 Å². The Morgan fingerprint density at radius 3 is 2.62 bits per heavy atom. The quantitative estimate of drug-likeness (QED) is 0.877. The summed E-state index contributed by atoms with van der Waals surface area (Å²) in [6.45, 7) is 2.96. The number of hydrogen-bond donors (Lipinski definition) is 1. The number of aliphatic carboxylic acids is 1. The van der Waals surface area contributed by atoms with E-state index in [0.717, 1.165) is 0 Å². The molecule has 1 saturated heterocycles. The lowest BCUT2D eigenvalue weighted by molar-refractivity contribution is -0.142. The van der Waals surface area contributed by atoms with E-state index < -0.39 is 21.7 Å². The van der Waals surface area contributed by atoms with Gasteiger partial charge in [0.1, 0.15) is 0 Å². The number of carboxylic acids is 1. The summed E-state index contributed by atoms with van der Waals surface area (Å²) in [5.41, 5.74) is 0.567. The first kappa shape index (κ1) is 16.3. The molecule has 1 aliphatic heterocycles. The van der Waals surface area contributed by atoms with Crippen molar-refractivity contribution < 1.29 is 18.3 Å². The molecule has 7 heteroatoms. The summed E-state index contributed by atoms with van der Waals surface area (Å²) in [6.07, 6.45) is 1.78. The SMILES string of the molecule is CC1CC(C(=O)O)CN(c2c(Br)cccc2S(C)(=O)=O)C1. The van der Waals surface area contributed by atoms with Crippen LogP contribution in [-0.2, 0) is 14.6 Å². The minimum Gasteiger partial charge on any atom is -0.481 e. The van der Waals surface area contributed by atoms with Crippen LogP contribution in [0, 0.1) is 11.8 Å². The van der Waals surface area contributed by atoms with Gasteiger partial charge in [0.05, 0.1) is 16.5 Å². The molecular formula is C14H18BrNO4S. The standard InChI is InChI=1S/C14H18BrNO4S/c1-9-6-10(14(17)18)8-16(7-9)13-11(15)4-3-5-12(13)21(2,19)20/h3-5,9-10H,6-8H2,1-2H3,(H,17,18). The molecule has 0 bridgehead atoms. The third-order valence-electron chi connectivity index (χ3n) is 3.67. The zero-order valence-electron chi connectivity index (χ0n) is 11.9. The molecule has 2 atom stereocenters. The zero-order valence-corrected chi connectivity index (χ0v) is 14.3. The van der Waals surface area contributed by atoms with Crippen LogP contribution in [0.5, 0.6) is 0 Å². The molecule has 0 radical (unpaired) electrons. The molecule has 21 heavy (non-hydrogen) atoms. The average molecular weight is 376 g/mol. The number of nitrogens with zero attached hydrogens (tertiary/aromatic N) is 1. The first-order valence-electron chi connectivity index (χ1n) is 6.66. The maximum Gasteiger partial charge on any atom is 0.308 e. The van der Waals surface area contributed by atoms with Crippen LogP contribution in [0.4, 0.5) is 5.69 Å². The van der Waals surface area contributed by atoms with Gasteiger partial charge < -0.3 is 10.0 Å². The van der Waals surface area contributed by atoms with Crippen molar-refractivity contribution in [2.75, 3.05) is 24.2 Å². The molecule has 2 unspecified atom stereocenters. The smallest absolute Gasteiger partial charge is 0.308 e. The van der Waals surface area contributed by atoms with Crippen molar-refractivity contribution in [1.82, 2.24) is 0 Å². The average Bonchev–Trinajstić information content (AvgIpc) is 2.36. The molecule has 0 aromatic heterocycles. The van der Waals surface area contributed by atoms with Crippen molar-refractivity contribution >= 4 is 37.4 Å². The van der Waals surface area contributed by atoms with E-state index >= 15 is 0 Å². The molecule has 1 heterocycles. The maximum absolute atomic E-state index is 12.0. The Morgan fingerprint density at radius 1 is 1.38 bits per heavy atom. The third kappa shape index (κ3) is 3.58. The normalized spacial score (nSPS) is 23.1. The highest BCUT2D eigenvalue weighted by molar-refractivity contribution is 9.10. The fourth-order valence-electron chi connectivity index (χ4n) is 2.81. The van der Waals surface area contributed by atoms with Gasteiger partial charge in [-0.3, -0.25) is 4.79 Å². The van der Waals surface area contributed by atoms with Crippen molar-refractivity contribution in [3.63, 3.8) is 0 Å². The highest BCUT2D eigenvalue weighted by Crippen LogP contribution is 2.36. The van der Waals surface area contributed by atoms with E-state index in [0.29, 0.717) is 29.7 Å². The van der Waals surface area contributed by atoms with Gasteiger partial charge >= 0.3 is 5.97 Å².